The number of hydrogen-bond acceptors (Lipinski definition) is 3. The van der Waals surface area contributed by atoms with E-state index in [0.717, 1.165) is 67.5 Å². The third-order valence-electron chi connectivity index (χ3n) is 6.08. The fraction of sp³-hybridized carbons (Fsp3) is 0.545. The maximum atomic E-state index is 13.3. The van der Waals surface area contributed by atoms with Gasteiger partial charge in [0.15, 0.2) is 0 Å². The smallest absolute Gasteiger partial charge is 0.254 e. The van der Waals surface area contributed by atoms with Gasteiger partial charge in [0, 0.05) is 48.4 Å². The van der Waals surface area contributed by atoms with Gasteiger partial charge >= 0.3 is 0 Å². The van der Waals surface area contributed by atoms with Gasteiger partial charge < -0.3 is 19.5 Å². The molecule has 2 aliphatic heterocycles. The molecule has 3 heterocycles. The number of aromatic amines is 1. The van der Waals surface area contributed by atoms with Gasteiger partial charge in [-0.25, -0.2) is 0 Å². The number of H-pyrrole nitrogens is 1. The first kappa shape index (κ1) is 19.0. The summed E-state index contributed by atoms with van der Waals surface area (Å²) in [7, 11) is 0. The Morgan fingerprint density at radius 1 is 1.21 bits per heavy atom. The van der Waals surface area contributed by atoms with Crippen LogP contribution in [0.1, 0.15) is 47.3 Å². The molecule has 2 amide bonds. The minimum Gasteiger partial charge on any atom is -0.376 e. The molecule has 1 N–H and O–H groups in total. The highest BCUT2D eigenvalue weighted by Gasteiger charge is 2.28. The first-order valence-corrected chi connectivity index (χ1v) is 10.3. The molecule has 0 aliphatic carbocycles. The molecule has 1 aromatic carbocycles. The Morgan fingerprint density at radius 3 is 2.71 bits per heavy atom. The number of amides is 2. The molecule has 0 spiro atoms. The molecule has 2 fully saturated rings. The molecule has 28 heavy (non-hydrogen) atoms. The summed E-state index contributed by atoms with van der Waals surface area (Å²) >= 11 is 0. The molecule has 0 saturated carbocycles. The lowest BCUT2D eigenvalue weighted by atomic mass is 10.1. The van der Waals surface area contributed by atoms with Gasteiger partial charge in [0.1, 0.15) is 6.54 Å². The number of carbonyl (C=O) groups excluding carboxylic acids is 2. The Labute approximate surface area is 165 Å². The van der Waals surface area contributed by atoms with Crippen LogP contribution in [0.4, 0.5) is 0 Å². The molecular weight excluding hydrogens is 354 g/mol. The summed E-state index contributed by atoms with van der Waals surface area (Å²) in [6, 6.07) is 5.75. The SMILES string of the molecule is Cc1[nH]c2ccc(C(=O)N(CC(=O)N3CCCC3)CC3CCCO3)cc2c1C. The number of ether oxygens (including phenoxy) is 1. The molecule has 150 valence electrons. The summed E-state index contributed by atoms with van der Waals surface area (Å²) in [6.45, 7) is 7.03. The van der Waals surface area contributed by atoms with Crippen LogP contribution in [0, 0.1) is 13.8 Å². The highest BCUT2D eigenvalue weighted by atomic mass is 16.5. The molecule has 4 rings (SSSR count). The van der Waals surface area contributed by atoms with Gasteiger partial charge in [0.2, 0.25) is 5.91 Å². The molecule has 1 atom stereocenters. The number of hydrogen-bond donors (Lipinski definition) is 1. The van der Waals surface area contributed by atoms with E-state index in [1.54, 1.807) is 4.90 Å². The number of nitrogens with one attached hydrogen (secondary N) is 1. The molecular formula is C22H29N3O3. The number of benzene rings is 1. The third-order valence-corrected chi connectivity index (χ3v) is 6.08. The van der Waals surface area contributed by atoms with E-state index in [9.17, 15) is 9.59 Å². The molecule has 1 aromatic heterocycles. The number of likely N-dealkylation sites (tertiary alicyclic amines) is 1. The summed E-state index contributed by atoms with van der Waals surface area (Å²) in [5.41, 5.74) is 3.93. The number of carbonyl (C=O) groups is 2. The fourth-order valence-electron chi connectivity index (χ4n) is 4.26. The van der Waals surface area contributed by atoms with Gasteiger partial charge in [-0.3, -0.25) is 9.59 Å². The Balaban J connectivity index is 1.57. The van der Waals surface area contributed by atoms with Crippen molar-refractivity contribution in [2.24, 2.45) is 0 Å². The number of fused-ring (bicyclic) bond motifs is 1. The van der Waals surface area contributed by atoms with Crippen molar-refractivity contribution >= 4 is 22.7 Å². The molecule has 2 saturated heterocycles. The van der Waals surface area contributed by atoms with Gasteiger partial charge in [0.25, 0.3) is 5.91 Å². The Kier molecular flexibility index (Phi) is 5.40. The number of aryl methyl sites for hydroxylation is 2. The summed E-state index contributed by atoms with van der Waals surface area (Å²) < 4.78 is 5.75. The third kappa shape index (κ3) is 3.78. The van der Waals surface area contributed by atoms with Crippen LogP contribution in [-0.4, -0.2) is 65.5 Å². The minimum absolute atomic E-state index is 0.0234. The number of aromatic nitrogens is 1. The Hall–Kier alpha value is -2.34. The molecule has 0 radical (unpaired) electrons. The highest BCUT2D eigenvalue weighted by molar-refractivity contribution is 6.00. The van der Waals surface area contributed by atoms with E-state index in [0.29, 0.717) is 12.1 Å². The average Bonchev–Trinajstić information content (AvgIpc) is 3.44. The van der Waals surface area contributed by atoms with Gasteiger partial charge in [0.05, 0.1) is 6.10 Å². The van der Waals surface area contributed by atoms with Crippen molar-refractivity contribution in [1.82, 2.24) is 14.8 Å². The van der Waals surface area contributed by atoms with Gasteiger partial charge in [-0.1, -0.05) is 0 Å². The van der Waals surface area contributed by atoms with E-state index in [2.05, 4.69) is 11.9 Å². The zero-order valence-electron chi connectivity index (χ0n) is 16.8. The lowest BCUT2D eigenvalue weighted by Gasteiger charge is -2.27. The average molecular weight is 383 g/mol. The van der Waals surface area contributed by atoms with Gasteiger partial charge in [-0.15, -0.1) is 0 Å². The maximum Gasteiger partial charge on any atom is 0.254 e. The predicted molar refractivity (Wildman–Crippen MR) is 108 cm³/mol. The lowest BCUT2D eigenvalue weighted by Crippen LogP contribution is -2.45. The van der Waals surface area contributed by atoms with Gasteiger partial charge in [-0.2, -0.15) is 0 Å². The van der Waals surface area contributed by atoms with Crippen LogP contribution >= 0.6 is 0 Å². The van der Waals surface area contributed by atoms with E-state index in [1.807, 2.05) is 30.0 Å². The highest BCUT2D eigenvalue weighted by Crippen LogP contribution is 2.24. The van der Waals surface area contributed by atoms with E-state index < -0.39 is 0 Å². The first-order chi connectivity index (χ1) is 13.5. The van der Waals surface area contributed by atoms with Crippen LogP contribution in [0.2, 0.25) is 0 Å². The normalized spacial score (nSPS) is 19.5. The fourth-order valence-corrected chi connectivity index (χ4v) is 4.26. The second kappa shape index (κ2) is 7.95. The second-order valence-electron chi connectivity index (χ2n) is 8.04. The lowest BCUT2D eigenvalue weighted by molar-refractivity contribution is -0.131. The summed E-state index contributed by atoms with van der Waals surface area (Å²) in [5.74, 6) is -0.0539. The van der Waals surface area contributed by atoms with Crippen LogP contribution in [0.25, 0.3) is 10.9 Å². The monoisotopic (exact) mass is 383 g/mol. The summed E-state index contributed by atoms with van der Waals surface area (Å²) in [6.07, 6.45) is 4.08. The maximum absolute atomic E-state index is 13.3. The molecule has 2 aliphatic rings. The molecule has 6 heteroatoms. The minimum atomic E-state index is -0.0943. The van der Waals surface area contributed by atoms with Crippen LogP contribution in [0.15, 0.2) is 18.2 Å². The number of nitrogens with zero attached hydrogens (tertiary/aromatic N) is 2. The van der Waals surface area contributed by atoms with Crippen LogP contribution in [0.3, 0.4) is 0 Å². The summed E-state index contributed by atoms with van der Waals surface area (Å²) in [4.78, 5) is 33.0. The molecule has 6 nitrogen and oxygen atoms in total. The molecule has 0 bridgehead atoms. The van der Waals surface area contributed by atoms with Crippen molar-refractivity contribution in [2.75, 3.05) is 32.8 Å². The van der Waals surface area contributed by atoms with Crippen LogP contribution in [0.5, 0.6) is 0 Å². The second-order valence-corrected chi connectivity index (χ2v) is 8.04. The first-order valence-electron chi connectivity index (χ1n) is 10.3. The number of rotatable bonds is 5. The topological polar surface area (TPSA) is 65.6 Å². The van der Waals surface area contributed by atoms with Crippen LogP contribution < -0.4 is 0 Å². The zero-order valence-corrected chi connectivity index (χ0v) is 16.8. The molecule has 1 unspecified atom stereocenters. The van der Waals surface area contributed by atoms with Crippen molar-refractivity contribution in [3.63, 3.8) is 0 Å². The van der Waals surface area contributed by atoms with E-state index >= 15 is 0 Å². The standard InChI is InChI=1S/C22H29N3O3/c1-15-16(2)23-20-8-7-17(12-19(15)20)22(27)25(13-18-6-5-11-28-18)14-21(26)24-9-3-4-10-24/h7-8,12,18,23H,3-6,9-11,13-14H2,1-2H3. The Bertz CT molecular complexity index is 877. The van der Waals surface area contributed by atoms with Gasteiger partial charge in [-0.05, 0) is 63.3 Å². The van der Waals surface area contributed by atoms with Crippen molar-refractivity contribution in [1.29, 1.82) is 0 Å². The van der Waals surface area contributed by atoms with Crippen molar-refractivity contribution < 1.29 is 14.3 Å². The van der Waals surface area contributed by atoms with E-state index in [4.69, 9.17) is 4.74 Å². The van der Waals surface area contributed by atoms with Crippen molar-refractivity contribution in [3.8, 4) is 0 Å². The quantitative estimate of drug-likeness (QED) is 0.863. The van der Waals surface area contributed by atoms with E-state index in [-0.39, 0.29) is 24.5 Å². The zero-order chi connectivity index (χ0) is 19.7. The molecule has 2 aromatic rings. The van der Waals surface area contributed by atoms with E-state index in [1.165, 1.54) is 0 Å². The van der Waals surface area contributed by atoms with Crippen LogP contribution in [-0.2, 0) is 9.53 Å². The Morgan fingerprint density at radius 2 is 2.00 bits per heavy atom. The summed E-state index contributed by atoms with van der Waals surface area (Å²) in [5, 5.41) is 1.06. The van der Waals surface area contributed by atoms with Crippen molar-refractivity contribution in [3.05, 3.63) is 35.0 Å². The van der Waals surface area contributed by atoms with Crippen molar-refractivity contribution in [2.45, 2.75) is 45.6 Å². The largest absolute Gasteiger partial charge is 0.376 e. The predicted octanol–water partition coefficient (Wildman–Crippen LogP) is 3.03.